The summed E-state index contributed by atoms with van der Waals surface area (Å²) in [6, 6.07) is 6.22. The van der Waals surface area contributed by atoms with Gasteiger partial charge in [0, 0.05) is 20.0 Å². The summed E-state index contributed by atoms with van der Waals surface area (Å²) in [5.74, 6) is -2.25. The fourth-order valence-electron chi connectivity index (χ4n) is 2.36. The molecule has 120 valence electrons. The third kappa shape index (κ3) is 2.80. The molecule has 1 aromatic rings. The lowest BCUT2D eigenvalue weighted by atomic mass is 10.1. The number of hydrogen-bond acceptors (Lipinski definition) is 6. The van der Waals surface area contributed by atoms with Crippen LogP contribution in [0.2, 0.25) is 0 Å². The van der Waals surface area contributed by atoms with Crippen LogP contribution in [0.3, 0.4) is 0 Å². The van der Waals surface area contributed by atoms with Crippen LogP contribution < -0.4 is 0 Å². The highest BCUT2D eigenvalue weighted by Gasteiger charge is 2.39. The second-order valence-corrected chi connectivity index (χ2v) is 5.27. The van der Waals surface area contributed by atoms with Gasteiger partial charge in [-0.1, -0.05) is 17.2 Å². The maximum atomic E-state index is 12.0. The third-order valence-electron chi connectivity index (χ3n) is 3.68. The van der Waals surface area contributed by atoms with Crippen LogP contribution in [0.1, 0.15) is 27.6 Å². The maximum Gasteiger partial charge on any atom is 0.358 e. The van der Waals surface area contributed by atoms with E-state index in [4.69, 9.17) is 9.57 Å². The van der Waals surface area contributed by atoms with Gasteiger partial charge in [0.25, 0.3) is 11.8 Å². The van der Waals surface area contributed by atoms with E-state index in [0.29, 0.717) is 18.2 Å². The Balaban J connectivity index is 1.51. The Hall–Kier alpha value is -2.74. The maximum absolute atomic E-state index is 12.0. The van der Waals surface area contributed by atoms with Gasteiger partial charge in [0.1, 0.15) is 6.61 Å². The molecule has 2 heterocycles. The number of imide groups is 1. The number of rotatable bonds is 4. The van der Waals surface area contributed by atoms with Crippen molar-refractivity contribution in [3.05, 3.63) is 35.4 Å². The van der Waals surface area contributed by atoms with Gasteiger partial charge >= 0.3 is 5.97 Å². The van der Waals surface area contributed by atoms with Crippen LogP contribution in [0.4, 0.5) is 0 Å². The lowest BCUT2D eigenvalue weighted by Crippen LogP contribution is -2.54. The highest BCUT2D eigenvalue weighted by molar-refractivity contribution is 6.20. The summed E-state index contributed by atoms with van der Waals surface area (Å²) in [4.78, 5) is 53.1. The Kier molecular flexibility index (Phi) is 3.83. The Morgan fingerprint density at radius 1 is 1.13 bits per heavy atom. The number of hydrogen-bond donors (Lipinski definition) is 0. The van der Waals surface area contributed by atoms with E-state index in [0.717, 1.165) is 0 Å². The molecule has 2 aliphatic rings. The molecule has 0 aromatic heterocycles. The fourth-order valence-corrected chi connectivity index (χ4v) is 2.36. The summed E-state index contributed by atoms with van der Waals surface area (Å²) in [6.07, 6.45) is -0.242. The van der Waals surface area contributed by atoms with Gasteiger partial charge in [-0.2, -0.15) is 0 Å². The second-order valence-electron chi connectivity index (χ2n) is 5.27. The van der Waals surface area contributed by atoms with Crippen LogP contribution >= 0.6 is 0 Å². The van der Waals surface area contributed by atoms with E-state index in [2.05, 4.69) is 0 Å². The van der Waals surface area contributed by atoms with Crippen molar-refractivity contribution in [2.45, 2.75) is 13.0 Å². The molecular weight excluding hydrogens is 304 g/mol. The van der Waals surface area contributed by atoms with Crippen molar-refractivity contribution >= 4 is 23.7 Å². The monoisotopic (exact) mass is 318 g/mol. The van der Waals surface area contributed by atoms with Crippen molar-refractivity contribution < 1.29 is 28.8 Å². The van der Waals surface area contributed by atoms with Crippen LogP contribution in [-0.4, -0.2) is 59.5 Å². The van der Waals surface area contributed by atoms with Gasteiger partial charge in [0.2, 0.25) is 5.91 Å². The average molecular weight is 318 g/mol. The molecule has 0 atom stereocenters. The first-order valence-electron chi connectivity index (χ1n) is 7.03. The smallest absolute Gasteiger partial charge is 0.358 e. The Bertz CT molecular complexity index is 660. The zero-order valence-electron chi connectivity index (χ0n) is 12.4. The van der Waals surface area contributed by atoms with Crippen LogP contribution in [0, 0.1) is 0 Å². The third-order valence-corrected chi connectivity index (χ3v) is 3.68. The molecule has 3 amide bonds. The van der Waals surface area contributed by atoms with Crippen molar-refractivity contribution in [3.8, 4) is 0 Å². The molecule has 1 aromatic carbocycles. The summed E-state index contributed by atoms with van der Waals surface area (Å²) in [5.41, 5.74) is 0.393. The number of hydroxylamine groups is 2. The second kappa shape index (κ2) is 5.81. The first-order chi connectivity index (χ1) is 11.0. The van der Waals surface area contributed by atoms with Gasteiger partial charge in [-0.05, 0) is 12.1 Å². The normalized spacial score (nSPS) is 17.1. The van der Waals surface area contributed by atoms with Gasteiger partial charge in [-0.25, -0.2) is 4.79 Å². The van der Waals surface area contributed by atoms with Crippen molar-refractivity contribution in [2.24, 2.45) is 0 Å². The summed E-state index contributed by atoms with van der Waals surface area (Å²) >= 11 is 0. The van der Waals surface area contributed by atoms with Crippen LogP contribution in [0.25, 0.3) is 0 Å². The number of amides is 3. The highest BCUT2D eigenvalue weighted by Crippen LogP contribution is 2.22. The van der Waals surface area contributed by atoms with E-state index >= 15 is 0 Å². The minimum atomic E-state index is -0.846. The molecule has 23 heavy (non-hydrogen) atoms. The standard InChI is InChI=1S/C15H14N2O6/c1-9(18)16-6-10(7-16)22-8-13(19)23-17-14(20)11-4-2-3-5-12(11)15(17)21/h2-5,10H,6-8H2,1H3. The lowest BCUT2D eigenvalue weighted by Gasteiger charge is -2.37. The fraction of sp³-hybridized carbons (Fsp3) is 0.333. The number of ether oxygens (including phenoxy) is 1. The van der Waals surface area contributed by atoms with E-state index in [1.54, 1.807) is 17.0 Å². The molecule has 2 aliphatic heterocycles. The van der Waals surface area contributed by atoms with Crippen LogP contribution in [0.5, 0.6) is 0 Å². The molecule has 0 spiro atoms. The van der Waals surface area contributed by atoms with Gasteiger partial charge < -0.3 is 14.5 Å². The summed E-state index contributed by atoms with van der Waals surface area (Å²) in [7, 11) is 0. The summed E-state index contributed by atoms with van der Waals surface area (Å²) in [5, 5.41) is 0.443. The Labute approximate surface area is 131 Å². The number of likely N-dealkylation sites (tertiary alicyclic amines) is 1. The first kappa shape index (κ1) is 15.2. The minimum absolute atomic E-state index is 0.0570. The quantitative estimate of drug-likeness (QED) is 0.725. The Morgan fingerprint density at radius 3 is 2.22 bits per heavy atom. The highest BCUT2D eigenvalue weighted by atomic mass is 16.7. The van der Waals surface area contributed by atoms with Gasteiger partial charge in [-0.3, -0.25) is 14.4 Å². The molecule has 0 N–H and O–H groups in total. The summed E-state index contributed by atoms with van der Waals surface area (Å²) in [6.45, 7) is 1.88. The van der Waals surface area contributed by atoms with Crippen LogP contribution in [-0.2, 0) is 19.2 Å². The molecule has 0 saturated carbocycles. The number of nitrogens with zero attached hydrogens (tertiary/aromatic N) is 2. The number of carbonyl (C=O) groups is 4. The van der Waals surface area contributed by atoms with Crippen molar-refractivity contribution in [2.75, 3.05) is 19.7 Å². The minimum Gasteiger partial charge on any atom is -0.363 e. The van der Waals surface area contributed by atoms with Crippen molar-refractivity contribution in [1.82, 2.24) is 9.96 Å². The van der Waals surface area contributed by atoms with E-state index in [1.807, 2.05) is 0 Å². The van der Waals surface area contributed by atoms with E-state index in [1.165, 1.54) is 19.1 Å². The van der Waals surface area contributed by atoms with Crippen LogP contribution in [0.15, 0.2) is 24.3 Å². The van der Waals surface area contributed by atoms with Gasteiger partial charge in [0.05, 0.1) is 17.2 Å². The average Bonchev–Trinajstić information content (AvgIpc) is 2.71. The zero-order chi connectivity index (χ0) is 16.6. The molecule has 0 bridgehead atoms. The molecule has 0 aliphatic carbocycles. The molecule has 3 rings (SSSR count). The molecule has 8 nitrogen and oxygen atoms in total. The topological polar surface area (TPSA) is 93.2 Å². The predicted molar refractivity (Wildman–Crippen MR) is 75.0 cm³/mol. The van der Waals surface area contributed by atoms with E-state index < -0.39 is 24.4 Å². The molecule has 1 fully saturated rings. The van der Waals surface area contributed by atoms with E-state index in [9.17, 15) is 19.2 Å². The first-order valence-corrected chi connectivity index (χ1v) is 7.03. The number of benzene rings is 1. The Morgan fingerprint density at radius 2 is 1.70 bits per heavy atom. The molecular formula is C15H14N2O6. The molecule has 1 saturated heterocycles. The molecule has 0 unspecified atom stereocenters. The SMILES string of the molecule is CC(=O)N1CC(OCC(=O)ON2C(=O)c3ccccc3C2=O)C1. The van der Waals surface area contributed by atoms with Gasteiger partial charge in [0.15, 0.2) is 0 Å². The number of fused-ring (bicyclic) bond motifs is 1. The summed E-state index contributed by atoms with van der Waals surface area (Å²) < 4.78 is 5.26. The predicted octanol–water partition coefficient (Wildman–Crippen LogP) is -0.0119. The van der Waals surface area contributed by atoms with Crippen molar-refractivity contribution in [3.63, 3.8) is 0 Å². The van der Waals surface area contributed by atoms with E-state index in [-0.39, 0.29) is 23.1 Å². The van der Waals surface area contributed by atoms with Crippen molar-refractivity contribution in [1.29, 1.82) is 0 Å². The molecule has 8 heteroatoms. The molecule has 0 radical (unpaired) electrons. The largest absolute Gasteiger partial charge is 0.363 e. The number of carbonyl (C=O) groups excluding carboxylic acids is 4. The van der Waals surface area contributed by atoms with Gasteiger partial charge in [-0.15, -0.1) is 0 Å². The zero-order valence-corrected chi connectivity index (χ0v) is 12.4. The lowest BCUT2D eigenvalue weighted by molar-refractivity contribution is -0.179.